The van der Waals surface area contributed by atoms with Gasteiger partial charge in [-0.25, -0.2) is 0 Å². The molecular formula is C24H28BrN3O2. The topological polar surface area (TPSA) is 75.4 Å². The van der Waals surface area contributed by atoms with E-state index < -0.39 is 0 Å². The van der Waals surface area contributed by atoms with Crippen molar-refractivity contribution >= 4 is 33.4 Å². The van der Waals surface area contributed by atoms with Gasteiger partial charge >= 0.3 is 0 Å². The van der Waals surface area contributed by atoms with Crippen molar-refractivity contribution < 1.29 is 9.59 Å². The minimum Gasteiger partial charge on any atom is -0.334 e. The van der Waals surface area contributed by atoms with E-state index in [0.717, 1.165) is 54.2 Å². The summed E-state index contributed by atoms with van der Waals surface area (Å²) < 4.78 is 0.761. The van der Waals surface area contributed by atoms with Crippen molar-refractivity contribution in [1.29, 1.82) is 0 Å². The molecule has 2 atom stereocenters. The first-order chi connectivity index (χ1) is 14.5. The summed E-state index contributed by atoms with van der Waals surface area (Å²) in [6.07, 6.45) is 6.25. The number of hydrogen-bond acceptors (Lipinski definition) is 3. The monoisotopic (exact) mass is 469 g/mol. The van der Waals surface area contributed by atoms with Crippen LogP contribution in [0.3, 0.4) is 0 Å². The fourth-order valence-electron chi connectivity index (χ4n) is 4.18. The van der Waals surface area contributed by atoms with E-state index in [4.69, 9.17) is 5.73 Å². The summed E-state index contributed by atoms with van der Waals surface area (Å²) >= 11 is 3.41. The average Bonchev–Trinajstić information content (AvgIpc) is 3.59. The molecule has 2 aliphatic rings. The highest BCUT2D eigenvalue weighted by atomic mass is 79.9. The maximum atomic E-state index is 13.0. The lowest BCUT2D eigenvalue weighted by molar-refractivity contribution is -0.136. The van der Waals surface area contributed by atoms with Crippen LogP contribution in [0, 0.1) is 5.92 Å². The van der Waals surface area contributed by atoms with Crippen molar-refractivity contribution in [1.82, 2.24) is 4.90 Å². The zero-order valence-electron chi connectivity index (χ0n) is 17.0. The lowest BCUT2D eigenvalue weighted by Crippen LogP contribution is -2.52. The second-order valence-electron chi connectivity index (χ2n) is 8.39. The van der Waals surface area contributed by atoms with E-state index in [0.29, 0.717) is 12.1 Å². The van der Waals surface area contributed by atoms with Crippen LogP contribution >= 0.6 is 15.9 Å². The van der Waals surface area contributed by atoms with Gasteiger partial charge in [-0.15, -0.1) is 0 Å². The first-order valence-corrected chi connectivity index (χ1v) is 11.5. The van der Waals surface area contributed by atoms with Crippen molar-refractivity contribution in [3.63, 3.8) is 0 Å². The third kappa shape index (κ3) is 4.93. The summed E-state index contributed by atoms with van der Waals surface area (Å²) in [5.74, 6) is 0.277. The van der Waals surface area contributed by atoms with E-state index >= 15 is 0 Å². The Morgan fingerprint density at radius 2 is 1.70 bits per heavy atom. The SMILES string of the molecule is NC1CCCCC1N(Cc1ccc(NC(=O)c2ccccc2Br)cc1)C(=O)C1CC1. The average molecular weight is 470 g/mol. The molecule has 4 rings (SSSR count). The Morgan fingerprint density at radius 3 is 2.37 bits per heavy atom. The number of hydrogen-bond donors (Lipinski definition) is 2. The first kappa shape index (κ1) is 21.1. The lowest BCUT2D eigenvalue weighted by atomic mass is 9.89. The summed E-state index contributed by atoms with van der Waals surface area (Å²) in [6, 6.07) is 15.3. The molecule has 2 fully saturated rings. The predicted octanol–water partition coefficient (Wildman–Crippen LogP) is 4.71. The Morgan fingerprint density at radius 1 is 1.00 bits per heavy atom. The first-order valence-electron chi connectivity index (χ1n) is 10.7. The molecule has 2 amide bonds. The smallest absolute Gasteiger partial charge is 0.256 e. The maximum Gasteiger partial charge on any atom is 0.256 e. The Kier molecular flexibility index (Phi) is 6.54. The summed E-state index contributed by atoms with van der Waals surface area (Å²) in [5.41, 5.74) is 8.77. The molecule has 3 N–H and O–H groups in total. The largest absolute Gasteiger partial charge is 0.334 e. The van der Waals surface area contributed by atoms with Crippen LogP contribution < -0.4 is 11.1 Å². The van der Waals surface area contributed by atoms with E-state index in [1.807, 2.05) is 47.4 Å². The molecule has 30 heavy (non-hydrogen) atoms. The quantitative estimate of drug-likeness (QED) is 0.642. The van der Waals surface area contributed by atoms with Gasteiger partial charge in [0.25, 0.3) is 5.91 Å². The molecule has 2 aromatic rings. The number of benzene rings is 2. The van der Waals surface area contributed by atoms with E-state index in [2.05, 4.69) is 21.2 Å². The van der Waals surface area contributed by atoms with Crippen LogP contribution in [0.1, 0.15) is 54.4 Å². The van der Waals surface area contributed by atoms with E-state index in [9.17, 15) is 9.59 Å². The zero-order valence-corrected chi connectivity index (χ0v) is 18.6. The van der Waals surface area contributed by atoms with Gasteiger partial charge in [0.2, 0.25) is 5.91 Å². The van der Waals surface area contributed by atoms with Crippen molar-refractivity contribution in [3.8, 4) is 0 Å². The van der Waals surface area contributed by atoms with Crippen LogP contribution in [-0.4, -0.2) is 28.8 Å². The van der Waals surface area contributed by atoms with Gasteiger partial charge in [-0.05, 0) is 71.4 Å². The Bertz CT molecular complexity index is 911. The molecule has 0 bridgehead atoms. The molecule has 2 aliphatic carbocycles. The number of halogens is 1. The molecule has 2 aromatic carbocycles. The minimum absolute atomic E-state index is 0.0596. The van der Waals surface area contributed by atoms with Crippen LogP contribution in [0.5, 0.6) is 0 Å². The second kappa shape index (κ2) is 9.31. The van der Waals surface area contributed by atoms with Gasteiger partial charge in [-0.1, -0.05) is 37.1 Å². The summed E-state index contributed by atoms with van der Waals surface area (Å²) in [6.45, 7) is 0.576. The second-order valence-corrected chi connectivity index (χ2v) is 9.24. The third-order valence-electron chi connectivity index (χ3n) is 6.07. The van der Waals surface area contributed by atoms with Crippen molar-refractivity contribution in [3.05, 3.63) is 64.1 Å². The van der Waals surface area contributed by atoms with E-state index in [-0.39, 0.29) is 29.8 Å². The Hall–Kier alpha value is -2.18. The van der Waals surface area contributed by atoms with Crippen LogP contribution in [0.15, 0.2) is 53.0 Å². The molecule has 2 unspecified atom stereocenters. The molecule has 0 aromatic heterocycles. The molecule has 158 valence electrons. The molecule has 2 saturated carbocycles. The zero-order chi connectivity index (χ0) is 21.1. The van der Waals surface area contributed by atoms with Crippen LogP contribution in [-0.2, 0) is 11.3 Å². The fourth-order valence-corrected chi connectivity index (χ4v) is 4.65. The van der Waals surface area contributed by atoms with Gasteiger partial charge in [-0.3, -0.25) is 9.59 Å². The standard InChI is InChI=1S/C24H28BrN3O2/c25-20-6-2-1-5-19(20)23(29)27-18-13-9-16(10-14-18)15-28(24(30)17-11-12-17)22-8-4-3-7-21(22)26/h1-2,5-6,9-10,13-14,17,21-22H,3-4,7-8,11-12,15,26H2,(H,27,29). The molecule has 0 saturated heterocycles. The number of rotatable bonds is 6. The van der Waals surface area contributed by atoms with Gasteiger partial charge < -0.3 is 16.0 Å². The number of anilines is 1. The molecule has 0 spiro atoms. The van der Waals surface area contributed by atoms with Crippen molar-refractivity contribution in [2.45, 2.75) is 57.2 Å². The highest BCUT2D eigenvalue weighted by Crippen LogP contribution is 2.34. The minimum atomic E-state index is -0.158. The molecule has 6 heteroatoms. The number of amides is 2. The Balaban J connectivity index is 1.45. The highest BCUT2D eigenvalue weighted by molar-refractivity contribution is 9.10. The summed E-state index contributed by atoms with van der Waals surface area (Å²) in [5, 5.41) is 2.93. The molecule has 5 nitrogen and oxygen atoms in total. The number of nitrogens with one attached hydrogen (secondary N) is 1. The van der Waals surface area contributed by atoms with Crippen molar-refractivity contribution in [2.75, 3.05) is 5.32 Å². The van der Waals surface area contributed by atoms with E-state index in [1.54, 1.807) is 6.07 Å². The van der Waals surface area contributed by atoms with Crippen LogP contribution in [0.25, 0.3) is 0 Å². The van der Waals surface area contributed by atoms with Crippen molar-refractivity contribution in [2.24, 2.45) is 11.7 Å². The molecule has 0 heterocycles. The van der Waals surface area contributed by atoms with Gasteiger partial charge in [0.15, 0.2) is 0 Å². The number of carbonyl (C=O) groups excluding carboxylic acids is 2. The van der Waals surface area contributed by atoms with Gasteiger partial charge in [0.1, 0.15) is 0 Å². The maximum absolute atomic E-state index is 13.0. The van der Waals surface area contributed by atoms with Crippen LogP contribution in [0.2, 0.25) is 0 Å². The Labute approximate surface area is 186 Å². The molecule has 0 aliphatic heterocycles. The van der Waals surface area contributed by atoms with Crippen LogP contribution in [0.4, 0.5) is 5.69 Å². The van der Waals surface area contributed by atoms with Gasteiger partial charge in [-0.2, -0.15) is 0 Å². The predicted molar refractivity (Wildman–Crippen MR) is 122 cm³/mol. The van der Waals surface area contributed by atoms with Gasteiger partial charge in [0.05, 0.1) is 5.56 Å². The fraction of sp³-hybridized carbons (Fsp3) is 0.417. The van der Waals surface area contributed by atoms with Gasteiger partial charge in [0, 0.05) is 34.7 Å². The highest BCUT2D eigenvalue weighted by Gasteiger charge is 2.38. The summed E-state index contributed by atoms with van der Waals surface area (Å²) in [4.78, 5) is 27.5. The lowest BCUT2D eigenvalue weighted by Gasteiger charge is -2.38. The summed E-state index contributed by atoms with van der Waals surface area (Å²) in [7, 11) is 0. The number of nitrogens with two attached hydrogens (primary N) is 1. The number of carbonyl (C=O) groups is 2. The molecule has 0 radical (unpaired) electrons. The number of nitrogens with zero attached hydrogens (tertiary/aromatic N) is 1. The molecular weight excluding hydrogens is 442 g/mol. The van der Waals surface area contributed by atoms with E-state index in [1.165, 1.54) is 0 Å². The third-order valence-corrected chi connectivity index (χ3v) is 6.77. The normalized spacial score (nSPS) is 21.1.